The van der Waals surface area contributed by atoms with Gasteiger partial charge in [-0.25, -0.2) is 0 Å². The van der Waals surface area contributed by atoms with Gasteiger partial charge in [0.05, 0.1) is 5.69 Å². The highest BCUT2D eigenvalue weighted by Crippen LogP contribution is 2.32. The van der Waals surface area contributed by atoms with Crippen LogP contribution < -0.4 is 4.74 Å². The van der Waals surface area contributed by atoms with Gasteiger partial charge in [-0.2, -0.15) is 0 Å². The molecule has 3 heteroatoms. The number of hydrogen-bond acceptors (Lipinski definition) is 2. The highest BCUT2D eigenvalue weighted by Gasteiger charge is 2.20. The van der Waals surface area contributed by atoms with E-state index in [1.807, 2.05) is 42.9 Å². The van der Waals surface area contributed by atoms with Crippen LogP contribution in [0.25, 0.3) is 0 Å². The van der Waals surface area contributed by atoms with Gasteiger partial charge in [0.15, 0.2) is 6.61 Å². The average Bonchev–Trinajstić information content (AvgIpc) is 2.81. The molecular formula is C18H23NO2. The monoisotopic (exact) mass is 285 g/mol. The molecule has 0 fully saturated rings. The molecule has 3 nitrogen and oxygen atoms in total. The first-order valence-corrected chi connectivity index (χ1v) is 7.17. The van der Waals surface area contributed by atoms with E-state index in [1.54, 1.807) is 0 Å². The molecule has 0 atom stereocenters. The van der Waals surface area contributed by atoms with Gasteiger partial charge in [-0.15, -0.1) is 0 Å². The number of aryl methyl sites for hydroxylation is 2. The van der Waals surface area contributed by atoms with Crippen LogP contribution in [0.1, 0.15) is 42.4 Å². The molecule has 0 saturated carbocycles. The van der Waals surface area contributed by atoms with Crippen LogP contribution in [0.3, 0.4) is 0 Å². The molecule has 0 amide bonds. The minimum absolute atomic E-state index is 0.0103. The van der Waals surface area contributed by atoms with E-state index in [2.05, 4.69) is 32.9 Å². The van der Waals surface area contributed by atoms with Crippen LogP contribution >= 0.6 is 0 Å². The predicted octanol–water partition coefficient (Wildman–Crippen LogP) is 3.89. The topological polar surface area (TPSA) is 31.2 Å². The Balaban J connectivity index is 2.18. The lowest BCUT2D eigenvalue weighted by atomic mass is 9.86. The average molecular weight is 285 g/mol. The molecule has 0 radical (unpaired) electrons. The Labute approximate surface area is 126 Å². The molecule has 0 aliphatic heterocycles. The second-order valence-corrected chi connectivity index (χ2v) is 6.47. The van der Waals surface area contributed by atoms with Crippen molar-refractivity contribution in [3.8, 4) is 5.75 Å². The molecule has 0 saturated heterocycles. The van der Waals surface area contributed by atoms with Crippen molar-refractivity contribution in [3.05, 3.63) is 53.3 Å². The minimum atomic E-state index is -0.0168. The first-order valence-electron chi connectivity index (χ1n) is 7.17. The molecule has 0 unspecified atom stereocenters. The largest absolute Gasteiger partial charge is 0.485 e. The van der Waals surface area contributed by atoms with Gasteiger partial charge in [0.2, 0.25) is 5.78 Å². The Kier molecular flexibility index (Phi) is 4.21. The van der Waals surface area contributed by atoms with E-state index >= 15 is 0 Å². The normalized spacial score (nSPS) is 11.5. The van der Waals surface area contributed by atoms with Gasteiger partial charge < -0.3 is 9.30 Å². The van der Waals surface area contributed by atoms with E-state index in [-0.39, 0.29) is 17.8 Å². The molecule has 112 valence electrons. The molecule has 0 N–H and O–H groups in total. The third-order valence-corrected chi connectivity index (χ3v) is 3.53. The summed E-state index contributed by atoms with van der Waals surface area (Å²) in [5.41, 5.74) is 2.90. The highest BCUT2D eigenvalue weighted by molar-refractivity contribution is 5.95. The molecule has 0 spiro atoms. The van der Waals surface area contributed by atoms with Crippen molar-refractivity contribution >= 4 is 5.78 Å². The third kappa shape index (κ3) is 3.54. The maximum Gasteiger partial charge on any atom is 0.216 e. The number of ketones is 1. The lowest BCUT2D eigenvalue weighted by Crippen LogP contribution is -2.18. The number of benzene rings is 1. The quantitative estimate of drug-likeness (QED) is 0.798. The smallest absolute Gasteiger partial charge is 0.216 e. The van der Waals surface area contributed by atoms with E-state index in [4.69, 9.17) is 4.74 Å². The molecule has 0 bridgehead atoms. The van der Waals surface area contributed by atoms with E-state index in [1.165, 1.54) is 0 Å². The van der Waals surface area contributed by atoms with Gasteiger partial charge in [0.1, 0.15) is 5.75 Å². The van der Waals surface area contributed by atoms with Crippen molar-refractivity contribution in [1.29, 1.82) is 0 Å². The predicted molar refractivity (Wildman–Crippen MR) is 85.1 cm³/mol. The fourth-order valence-electron chi connectivity index (χ4n) is 2.34. The molecule has 0 aliphatic rings. The number of nitrogens with zero attached hydrogens (tertiary/aromatic N) is 1. The highest BCUT2D eigenvalue weighted by atomic mass is 16.5. The number of aromatic nitrogens is 1. The number of Topliss-reactive ketones (excluding diaryl/α,β-unsaturated/α-hetero) is 1. The number of hydrogen-bond donors (Lipinski definition) is 0. The summed E-state index contributed by atoms with van der Waals surface area (Å²) < 4.78 is 7.63. The van der Waals surface area contributed by atoms with Crippen molar-refractivity contribution in [2.45, 2.75) is 33.1 Å². The number of carbonyl (C=O) groups excluding carboxylic acids is 1. The van der Waals surface area contributed by atoms with Crippen LogP contribution in [-0.2, 0) is 12.5 Å². The Morgan fingerprint density at radius 2 is 1.95 bits per heavy atom. The molecule has 0 aliphatic carbocycles. The van der Waals surface area contributed by atoms with Crippen LogP contribution in [0.5, 0.6) is 5.75 Å². The summed E-state index contributed by atoms with van der Waals surface area (Å²) in [5, 5.41) is 0. The van der Waals surface area contributed by atoms with Gasteiger partial charge in [-0.05, 0) is 41.7 Å². The molecule has 1 heterocycles. The van der Waals surface area contributed by atoms with Crippen LogP contribution in [0.15, 0.2) is 36.5 Å². The van der Waals surface area contributed by atoms with Crippen LogP contribution in [0.2, 0.25) is 0 Å². The second-order valence-electron chi connectivity index (χ2n) is 6.47. The van der Waals surface area contributed by atoms with E-state index in [0.29, 0.717) is 5.69 Å². The molecular weight excluding hydrogens is 262 g/mol. The molecule has 1 aromatic carbocycles. The van der Waals surface area contributed by atoms with Gasteiger partial charge in [-0.3, -0.25) is 4.79 Å². The maximum atomic E-state index is 12.2. The Morgan fingerprint density at radius 1 is 1.24 bits per heavy atom. The van der Waals surface area contributed by atoms with E-state index < -0.39 is 0 Å². The summed E-state index contributed by atoms with van der Waals surface area (Å²) >= 11 is 0. The van der Waals surface area contributed by atoms with Crippen LogP contribution in [0, 0.1) is 6.92 Å². The van der Waals surface area contributed by atoms with Gasteiger partial charge in [0, 0.05) is 13.2 Å². The van der Waals surface area contributed by atoms with Crippen molar-refractivity contribution < 1.29 is 9.53 Å². The van der Waals surface area contributed by atoms with Gasteiger partial charge in [-0.1, -0.05) is 32.9 Å². The van der Waals surface area contributed by atoms with E-state index in [0.717, 1.165) is 16.9 Å². The number of rotatable bonds is 4. The summed E-state index contributed by atoms with van der Waals surface area (Å²) in [6, 6.07) is 9.83. The van der Waals surface area contributed by atoms with Crippen LogP contribution in [-0.4, -0.2) is 17.0 Å². The van der Waals surface area contributed by atoms with Crippen molar-refractivity contribution in [2.75, 3.05) is 6.61 Å². The fourth-order valence-corrected chi connectivity index (χ4v) is 2.34. The summed E-state index contributed by atoms with van der Waals surface area (Å²) in [6.45, 7) is 8.51. The minimum Gasteiger partial charge on any atom is -0.485 e. The Bertz CT molecular complexity index is 647. The van der Waals surface area contributed by atoms with Gasteiger partial charge >= 0.3 is 0 Å². The first kappa shape index (κ1) is 15.4. The number of carbonyl (C=O) groups is 1. The van der Waals surface area contributed by atoms with Crippen molar-refractivity contribution in [3.63, 3.8) is 0 Å². The SMILES string of the molecule is Cc1ccc(C(C)(C)C)c(OCC(=O)c2cccn2C)c1. The zero-order valence-electron chi connectivity index (χ0n) is 13.4. The lowest BCUT2D eigenvalue weighted by Gasteiger charge is -2.23. The zero-order chi connectivity index (χ0) is 15.6. The third-order valence-electron chi connectivity index (χ3n) is 3.53. The zero-order valence-corrected chi connectivity index (χ0v) is 13.4. The fraction of sp³-hybridized carbons (Fsp3) is 0.389. The van der Waals surface area contributed by atoms with E-state index in [9.17, 15) is 4.79 Å². The first-order chi connectivity index (χ1) is 9.79. The summed E-state index contributed by atoms with van der Waals surface area (Å²) in [6.07, 6.45) is 1.86. The van der Waals surface area contributed by atoms with Crippen molar-refractivity contribution in [2.24, 2.45) is 7.05 Å². The standard InChI is InChI=1S/C18H23NO2/c1-13-8-9-14(18(2,3)4)17(11-13)21-12-16(20)15-7-6-10-19(15)5/h6-11H,12H2,1-5H3. The van der Waals surface area contributed by atoms with Gasteiger partial charge in [0.25, 0.3) is 0 Å². The number of ether oxygens (including phenoxy) is 1. The maximum absolute atomic E-state index is 12.2. The van der Waals surface area contributed by atoms with Crippen LogP contribution in [0.4, 0.5) is 0 Å². The lowest BCUT2D eigenvalue weighted by molar-refractivity contribution is 0.0912. The Hall–Kier alpha value is -2.03. The molecule has 1 aromatic heterocycles. The summed E-state index contributed by atoms with van der Waals surface area (Å²) in [4.78, 5) is 12.2. The molecule has 2 aromatic rings. The Morgan fingerprint density at radius 3 is 2.52 bits per heavy atom. The summed E-state index contributed by atoms with van der Waals surface area (Å²) in [7, 11) is 1.86. The second kappa shape index (κ2) is 5.76. The molecule has 2 rings (SSSR count). The molecule has 21 heavy (non-hydrogen) atoms. The van der Waals surface area contributed by atoms with Crippen molar-refractivity contribution in [1.82, 2.24) is 4.57 Å². The summed E-state index contributed by atoms with van der Waals surface area (Å²) in [5.74, 6) is 0.786.